The summed E-state index contributed by atoms with van der Waals surface area (Å²) in [6, 6.07) is -0.158. The lowest BCUT2D eigenvalue weighted by atomic mass is 10.4. The van der Waals surface area contributed by atoms with E-state index in [-0.39, 0.29) is 11.7 Å². The lowest BCUT2D eigenvalue weighted by molar-refractivity contribution is 0.0593. The van der Waals surface area contributed by atoms with Crippen LogP contribution in [0.4, 0.5) is 10.6 Å². The number of amides is 2. The molecule has 0 aromatic carbocycles. The highest BCUT2D eigenvalue weighted by molar-refractivity contribution is 5.86. The first-order valence-electron chi connectivity index (χ1n) is 5.64. The fourth-order valence-corrected chi connectivity index (χ4v) is 1.15. The van der Waals surface area contributed by atoms with Crippen LogP contribution in [0, 0.1) is 0 Å². The van der Waals surface area contributed by atoms with Crippen LogP contribution < -0.4 is 10.6 Å². The lowest BCUT2D eigenvalue weighted by Gasteiger charge is -2.12. The largest absolute Gasteiger partial charge is 0.464 e. The van der Waals surface area contributed by atoms with E-state index in [9.17, 15) is 9.59 Å². The van der Waals surface area contributed by atoms with Gasteiger partial charge in [0.1, 0.15) is 5.82 Å². The molecule has 0 saturated carbocycles. The molecule has 0 aliphatic heterocycles. The molecule has 0 spiro atoms. The van der Waals surface area contributed by atoms with E-state index in [1.54, 1.807) is 14.1 Å². The van der Waals surface area contributed by atoms with Crippen molar-refractivity contribution in [3.05, 3.63) is 18.1 Å². The summed E-state index contributed by atoms with van der Waals surface area (Å²) in [5, 5.41) is 5.66. The Morgan fingerprint density at radius 3 is 2.53 bits per heavy atom. The van der Waals surface area contributed by atoms with Crippen LogP contribution in [0.2, 0.25) is 0 Å². The Morgan fingerprint density at radius 2 is 2.00 bits per heavy atom. The van der Waals surface area contributed by atoms with Crippen LogP contribution in [0.5, 0.6) is 0 Å². The van der Waals surface area contributed by atoms with Gasteiger partial charge in [0, 0.05) is 27.2 Å². The highest BCUT2D eigenvalue weighted by Gasteiger charge is 2.07. The molecule has 1 heterocycles. The number of urea groups is 1. The normalized spacial score (nSPS) is 9.63. The van der Waals surface area contributed by atoms with Gasteiger partial charge in [-0.1, -0.05) is 0 Å². The predicted octanol–water partition coefficient (Wildman–Crippen LogP) is -0.0537. The molecular formula is C11H17N5O3. The minimum absolute atomic E-state index is 0.147. The summed E-state index contributed by atoms with van der Waals surface area (Å²) >= 11 is 0. The topological polar surface area (TPSA) is 96.4 Å². The number of anilines is 1. The van der Waals surface area contributed by atoms with Crippen molar-refractivity contribution >= 4 is 17.8 Å². The molecule has 19 heavy (non-hydrogen) atoms. The van der Waals surface area contributed by atoms with Gasteiger partial charge < -0.3 is 20.3 Å². The van der Waals surface area contributed by atoms with Gasteiger partial charge in [-0.3, -0.25) is 0 Å². The number of carbonyl (C=O) groups excluding carboxylic acids is 2. The Labute approximate surface area is 111 Å². The van der Waals surface area contributed by atoms with E-state index in [2.05, 4.69) is 25.3 Å². The molecule has 1 aromatic rings. The van der Waals surface area contributed by atoms with Gasteiger partial charge in [-0.05, 0) is 0 Å². The van der Waals surface area contributed by atoms with Crippen LogP contribution in [0.25, 0.3) is 0 Å². The molecule has 1 rings (SSSR count). The standard InChI is InChI=1S/C11H17N5O3/c1-16(2)11(18)13-5-4-12-9-7-14-8(6-15-9)10(17)19-3/h6-7H,4-5H2,1-3H3,(H,12,15)(H,13,18). The second-order valence-corrected chi connectivity index (χ2v) is 3.83. The summed E-state index contributed by atoms with van der Waals surface area (Å²) in [6.07, 6.45) is 2.76. The van der Waals surface area contributed by atoms with E-state index in [4.69, 9.17) is 0 Å². The van der Waals surface area contributed by atoms with Gasteiger partial charge in [0.15, 0.2) is 5.69 Å². The average molecular weight is 267 g/mol. The Morgan fingerprint density at radius 1 is 1.26 bits per heavy atom. The Balaban J connectivity index is 2.34. The monoisotopic (exact) mass is 267 g/mol. The fraction of sp³-hybridized carbons (Fsp3) is 0.455. The maximum Gasteiger partial charge on any atom is 0.358 e. The maximum absolute atomic E-state index is 11.2. The van der Waals surface area contributed by atoms with Crippen LogP contribution in [0.1, 0.15) is 10.5 Å². The molecular weight excluding hydrogens is 250 g/mol. The van der Waals surface area contributed by atoms with Crippen molar-refractivity contribution in [1.29, 1.82) is 0 Å². The van der Waals surface area contributed by atoms with E-state index in [0.717, 1.165) is 0 Å². The first kappa shape index (κ1) is 14.7. The zero-order chi connectivity index (χ0) is 14.3. The highest BCUT2D eigenvalue weighted by atomic mass is 16.5. The molecule has 0 radical (unpaired) electrons. The summed E-state index contributed by atoms with van der Waals surface area (Å²) in [5.74, 6) is -0.0101. The summed E-state index contributed by atoms with van der Waals surface area (Å²) in [6.45, 7) is 0.962. The molecule has 0 unspecified atom stereocenters. The third-order valence-electron chi connectivity index (χ3n) is 2.16. The molecule has 0 aliphatic rings. The summed E-state index contributed by atoms with van der Waals surface area (Å²) in [4.78, 5) is 31.7. The van der Waals surface area contributed by atoms with E-state index in [1.807, 2.05) is 0 Å². The van der Waals surface area contributed by atoms with E-state index in [1.165, 1.54) is 24.4 Å². The molecule has 2 N–H and O–H groups in total. The van der Waals surface area contributed by atoms with Gasteiger partial charge in [0.25, 0.3) is 0 Å². The van der Waals surface area contributed by atoms with Crippen LogP contribution >= 0.6 is 0 Å². The van der Waals surface area contributed by atoms with Crippen LogP contribution in [0.3, 0.4) is 0 Å². The van der Waals surface area contributed by atoms with Gasteiger partial charge in [-0.15, -0.1) is 0 Å². The van der Waals surface area contributed by atoms with Crippen molar-refractivity contribution in [2.24, 2.45) is 0 Å². The number of nitrogens with zero attached hydrogens (tertiary/aromatic N) is 3. The third-order valence-corrected chi connectivity index (χ3v) is 2.16. The van der Waals surface area contributed by atoms with Gasteiger partial charge in [0.2, 0.25) is 0 Å². The van der Waals surface area contributed by atoms with Crippen LogP contribution in [-0.4, -0.2) is 61.2 Å². The number of aromatic nitrogens is 2. The molecule has 8 heteroatoms. The average Bonchev–Trinajstić information content (AvgIpc) is 2.43. The SMILES string of the molecule is COC(=O)c1cnc(NCCNC(=O)N(C)C)cn1. The Hall–Kier alpha value is -2.38. The second kappa shape index (κ2) is 7.14. The molecule has 0 atom stereocenters. The molecule has 104 valence electrons. The van der Waals surface area contributed by atoms with Crippen molar-refractivity contribution in [1.82, 2.24) is 20.2 Å². The summed E-state index contributed by atoms with van der Waals surface area (Å²) in [5.41, 5.74) is 0.147. The molecule has 0 fully saturated rings. The quantitative estimate of drug-likeness (QED) is 0.573. The first-order valence-corrected chi connectivity index (χ1v) is 5.64. The number of hydrogen-bond donors (Lipinski definition) is 2. The van der Waals surface area contributed by atoms with Crippen LogP contribution in [0.15, 0.2) is 12.4 Å². The van der Waals surface area contributed by atoms with Gasteiger partial charge in [0.05, 0.1) is 19.5 Å². The summed E-state index contributed by atoms with van der Waals surface area (Å²) < 4.78 is 4.51. The molecule has 0 bridgehead atoms. The van der Waals surface area contributed by atoms with E-state index >= 15 is 0 Å². The van der Waals surface area contributed by atoms with Crippen molar-refractivity contribution in [2.45, 2.75) is 0 Å². The van der Waals surface area contributed by atoms with Crippen molar-refractivity contribution in [3.8, 4) is 0 Å². The minimum atomic E-state index is -0.530. The number of rotatable bonds is 5. The van der Waals surface area contributed by atoms with E-state index < -0.39 is 5.97 Å². The van der Waals surface area contributed by atoms with E-state index in [0.29, 0.717) is 18.9 Å². The molecule has 0 aliphatic carbocycles. The van der Waals surface area contributed by atoms with Gasteiger partial charge in [-0.25, -0.2) is 19.6 Å². The summed E-state index contributed by atoms with van der Waals surface area (Å²) in [7, 11) is 4.61. The number of nitrogens with one attached hydrogen (secondary N) is 2. The lowest BCUT2D eigenvalue weighted by Crippen LogP contribution is -2.37. The Kier molecular flexibility index (Phi) is 5.52. The van der Waals surface area contributed by atoms with Crippen molar-refractivity contribution in [3.63, 3.8) is 0 Å². The Bertz CT molecular complexity index is 432. The molecule has 2 amide bonds. The minimum Gasteiger partial charge on any atom is -0.464 e. The number of ether oxygens (including phenoxy) is 1. The van der Waals surface area contributed by atoms with Crippen molar-refractivity contribution < 1.29 is 14.3 Å². The maximum atomic E-state index is 11.2. The number of carbonyl (C=O) groups is 2. The molecule has 8 nitrogen and oxygen atoms in total. The number of methoxy groups -OCH3 is 1. The zero-order valence-corrected chi connectivity index (χ0v) is 11.1. The smallest absolute Gasteiger partial charge is 0.358 e. The molecule has 1 aromatic heterocycles. The van der Waals surface area contributed by atoms with Gasteiger partial charge in [-0.2, -0.15) is 0 Å². The fourth-order valence-electron chi connectivity index (χ4n) is 1.15. The van der Waals surface area contributed by atoms with Gasteiger partial charge >= 0.3 is 12.0 Å². The predicted molar refractivity (Wildman–Crippen MR) is 68.9 cm³/mol. The van der Waals surface area contributed by atoms with Crippen molar-refractivity contribution in [2.75, 3.05) is 39.6 Å². The first-order chi connectivity index (χ1) is 9.04. The van der Waals surface area contributed by atoms with Crippen LogP contribution in [-0.2, 0) is 4.74 Å². The highest BCUT2D eigenvalue weighted by Crippen LogP contribution is 2.01. The number of hydrogen-bond acceptors (Lipinski definition) is 6. The number of esters is 1. The molecule has 0 saturated heterocycles. The second-order valence-electron chi connectivity index (χ2n) is 3.83. The third kappa shape index (κ3) is 4.78. The zero-order valence-electron chi connectivity index (χ0n) is 11.1.